The van der Waals surface area contributed by atoms with E-state index in [4.69, 9.17) is 9.72 Å². The second-order valence-corrected chi connectivity index (χ2v) is 6.33. The van der Waals surface area contributed by atoms with Gasteiger partial charge in [0.15, 0.2) is 0 Å². The summed E-state index contributed by atoms with van der Waals surface area (Å²) < 4.78 is 5.27. The van der Waals surface area contributed by atoms with Gasteiger partial charge in [-0.15, -0.1) is 0 Å². The molecule has 0 saturated heterocycles. The molecule has 116 valence electrons. The van der Waals surface area contributed by atoms with Gasteiger partial charge in [-0.25, -0.2) is 4.98 Å². The number of fused-ring (bicyclic) bond motifs is 5. The average Bonchev–Trinajstić information content (AvgIpc) is 2.61. The van der Waals surface area contributed by atoms with Gasteiger partial charge in [-0.3, -0.25) is 0 Å². The molecule has 1 aromatic heterocycles. The summed E-state index contributed by atoms with van der Waals surface area (Å²) in [4.78, 5) is 5.02. The van der Waals surface area contributed by atoms with Crippen LogP contribution in [0.1, 0.15) is 11.1 Å². The van der Waals surface area contributed by atoms with Crippen LogP contribution in [-0.4, -0.2) is 12.1 Å². The number of benzene rings is 3. The number of methoxy groups -OCH3 is 1. The summed E-state index contributed by atoms with van der Waals surface area (Å²) in [5.41, 5.74) is 6.27. The van der Waals surface area contributed by atoms with Gasteiger partial charge >= 0.3 is 0 Å². The van der Waals surface area contributed by atoms with Crippen molar-refractivity contribution in [3.8, 4) is 17.0 Å². The molecule has 2 nitrogen and oxygen atoms in total. The first-order chi connectivity index (χ1) is 11.8. The standard InChI is InChI=1S/C22H17NO/c1-24-16-9-6-15(7-10-16)22-19-12-11-18(19)21-17-5-3-2-4-14(17)8-13-20(21)23-22/h2-10,13H,11-12H2,1H3. The second kappa shape index (κ2) is 5.07. The maximum absolute atomic E-state index is 5.27. The van der Waals surface area contributed by atoms with Crippen molar-refractivity contribution in [2.75, 3.05) is 7.11 Å². The maximum Gasteiger partial charge on any atom is 0.118 e. The normalized spacial score (nSPS) is 12.9. The molecule has 0 N–H and O–H groups in total. The number of aromatic nitrogens is 1. The third-order valence-electron chi connectivity index (χ3n) is 5.08. The first-order valence-electron chi connectivity index (χ1n) is 8.33. The number of ether oxygens (including phenoxy) is 1. The molecule has 0 saturated carbocycles. The van der Waals surface area contributed by atoms with Crippen LogP contribution in [0.2, 0.25) is 0 Å². The molecule has 0 spiro atoms. The van der Waals surface area contributed by atoms with Gasteiger partial charge in [0.05, 0.1) is 18.3 Å². The van der Waals surface area contributed by atoms with E-state index in [1.54, 1.807) is 7.11 Å². The number of nitrogens with zero attached hydrogens (tertiary/aromatic N) is 1. The Morgan fingerprint density at radius 3 is 2.38 bits per heavy atom. The Morgan fingerprint density at radius 1 is 0.833 bits per heavy atom. The van der Waals surface area contributed by atoms with Crippen LogP contribution in [0.25, 0.3) is 32.9 Å². The highest BCUT2D eigenvalue weighted by Gasteiger charge is 2.23. The summed E-state index contributed by atoms with van der Waals surface area (Å²) in [6.45, 7) is 0. The van der Waals surface area contributed by atoms with Crippen molar-refractivity contribution in [3.63, 3.8) is 0 Å². The monoisotopic (exact) mass is 311 g/mol. The molecule has 0 fully saturated rings. The number of pyridine rings is 1. The van der Waals surface area contributed by atoms with Crippen molar-refractivity contribution in [3.05, 3.63) is 71.8 Å². The van der Waals surface area contributed by atoms with E-state index >= 15 is 0 Å². The zero-order valence-electron chi connectivity index (χ0n) is 13.5. The van der Waals surface area contributed by atoms with E-state index in [9.17, 15) is 0 Å². The van der Waals surface area contributed by atoms with Crippen LogP contribution in [-0.2, 0) is 12.8 Å². The topological polar surface area (TPSA) is 22.1 Å². The lowest BCUT2D eigenvalue weighted by Crippen LogP contribution is -2.13. The van der Waals surface area contributed by atoms with E-state index in [-0.39, 0.29) is 0 Å². The summed E-state index contributed by atoms with van der Waals surface area (Å²) in [5.74, 6) is 0.879. The van der Waals surface area contributed by atoms with Gasteiger partial charge in [0.25, 0.3) is 0 Å². The Balaban J connectivity index is 1.80. The summed E-state index contributed by atoms with van der Waals surface area (Å²) in [6, 6.07) is 21.2. The molecular weight excluding hydrogens is 294 g/mol. The third kappa shape index (κ3) is 1.86. The molecule has 0 atom stereocenters. The fraction of sp³-hybridized carbons (Fsp3) is 0.136. The highest BCUT2D eigenvalue weighted by molar-refractivity contribution is 6.09. The molecule has 4 aromatic rings. The highest BCUT2D eigenvalue weighted by Crippen LogP contribution is 2.40. The zero-order valence-corrected chi connectivity index (χ0v) is 13.5. The summed E-state index contributed by atoms with van der Waals surface area (Å²) in [5, 5.41) is 3.95. The van der Waals surface area contributed by atoms with E-state index in [0.29, 0.717) is 0 Å². The third-order valence-corrected chi connectivity index (χ3v) is 5.08. The molecule has 2 heteroatoms. The summed E-state index contributed by atoms with van der Waals surface area (Å²) in [6.07, 6.45) is 2.26. The van der Waals surface area contributed by atoms with Crippen molar-refractivity contribution in [1.82, 2.24) is 4.98 Å². The van der Waals surface area contributed by atoms with Crippen molar-refractivity contribution in [2.45, 2.75) is 12.8 Å². The molecule has 24 heavy (non-hydrogen) atoms. The van der Waals surface area contributed by atoms with Crippen molar-refractivity contribution in [2.24, 2.45) is 0 Å². The number of hydrogen-bond acceptors (Lipinski definition) is 2. The number of rotatable bonds is 2. The Kier molecular flexibility index (Phi) is 2.86. The molecule has 1 aliphatic rings. The van der Waals surface area contributed by atoms with Crippen LogP contribution in [0.3, 0.4) is 0 Å². The minimum Gasteiger partial charge on any atom is -0.497 e. The van der Waals surface area contributed by atoms with Crippen LogP contribution >= 0.6 is 0 Å². The lowest BCUT2D eigenvalue weighted by Gasteiger charge is -2.25. The van der Waals surface area contributed by atoms with Gasteiger partial charge in [-0.2, -0.15) is 0 Å². The predicted octanol–water partition coefficient (Wildman–Crippen LogP) is 5.16. The molecule has 0 amide bonds. The molecule has 3 aromatic carbocycles. The van der Waals surface area contributed by atoms with Gasteiger partial charge < -0.3 is 4.74 Å². The van der Waals surface area contributed by atoms with Gasteiger partial charge in [-0.1, -0.05) is 30.3 Å². The van der Waals surface area contributed by atoms with Crippen LogP contribution in [0, 0.1) is 0 Å². The Bertz CT molecular complexity index is 1080. The molecule has 0 bridgehead atoms. The number of aryl methyl sites for hydroxylation is 1. The van der Waals surface area contributed by atoms with Crippen molar-refractivity contribution < 1.29 is 4.74 Å². The lowest BCUT2D eigenvalue weighted by molar-refractivity contribution is 0.415. The largest absolute Gasteiger partial charge is 0.497 e. The predicted molar refractivity (Wildman–Crippen MR) is 98.6 cm³/mol. The minimum atomic E-state index is 0.879. The van der Waals surface area contributed by atoms with Gasteiger partial charge in [0.2, 0.25) is 0 Å². The first kappa shape index (κ1) is 13.6. The van der Waals surface area contributed by atoms with Crippen LogP contribution in [0.15, 0.2) is 60.7 Å². The molecular formula is C22H17NO. The van der Waals surface area contributed by atoms with E-state index in [1.165, 1.54) is 32.8 Å². The summed E-state index contributed by atoms with van der Waals surface area (Å²) >= 11 is 0. The fourth-order valence-corrected chi connectivity index (χ4v) is 3.76. The SMILES string of the molecule is COc1ccc(-c2nc3ccc4ccccc4c3c3c2CC3)cc1. The molecule has 0 radical (unpaired) electrons. The molecule has 1 heterocycles. The van der Waals surface area contributed by atoms with E-state index < -0.39 is 0 Å². The molecule has 1 aliphatic carbocycles. The van der Waals surface area contributed by atoms with E-state index in [2.05, 4.69) is 48.5 Å². The smallest absolute Gasteiger partial charge is 0.118 e. The zero-order chi connectivity index (χ0) is 16.1. The second-order valence-electron chi connectivity index (χ2n) is 6.33. The van der Waals surface area contributed by atoms with Crippen molar-refractivity contribution >= 4 is 21.7 Å². The first-order valence-corrected chi connectivity index (χ1v) is 8.33. The summed E-state index contributed by atoms with van der Waals surface area (Å²) in [7, 11) is 1.70. The van der Waals surface area contributed by atoms with Crippen LogP contribution < -0.4 is 4.74 Å². The fourth-order valence-electron chi connectivity index (χ4n) is 3.76. The van der Waals surface area contributed by atoms with E-state index in [0.717, 1.165) is 29.8 Å². The van der Waals surface area contributed by atoms with Gasteiger partial charge in [-0.05, 0) is 65.1 Å². The Morgan fingerprint density at radius 2 is 1.62 bits per heavy atom. The average molecular weight is 311 g/mol. The van der Waals surface area contributed by atoms with Crippen LogP contribution in [0.4, 0.5) is 0 Å². The highest BCUT2D eigenvalue weighted by atomic mass is 16.5. The van der Waals surface area contributed by atoms with Gasteiger partial charge in [0.1, 0.15) is 5.75 Å². The van der Waals surface area contributed by atoms with Crippen molar-refractivity contribution in [1.29, 1.82) is 0 Å². The quantitative estimate of drug-likeness (QED) is 0.477. The van der Waals surface area contributed by atoms with Gasteiger partial charge in [0, 0.05) is 10.9 Å². The molecule has 0 unspecified atom stereocenters. The maximum atomic E-state index is 5.27. The number of hydrogen-bond donors (Lipinski definition) is 0. The Labute approximate surface area is 140 Å². The lowest BCUT2D eigenvalue weighted by atomic mass is 9.81. The minimum absolute atomic E-state index is 0.879. The molecule has 0 aliphatic heterocycles. The molecule has 5 rings (SSSR count). The van der Waals surface area contributed by atoms with Crippen LogP contribution in [0.5, 0.6) is 5.75 Å². The van der Waals surface area contributed by atoms with E-state index in [1.807, 2.05) is 12.1 Å². The Hall–Kier alpha value is -2.87.